The quantitative estimate of drug-likeness (QED) is 0.515. The molecule has 1 rings (SSSR count). The van der Waals surface area contributed by atoms with Gasteiger partial charge in [-0.3, -0.25) is 0 Å². The van der Waals surface area contributed by atoms with Crippen LogP contribution < -0.4 is 15.4 Å². The molecule has 1 aromatic carbocycles. The predicted molar refractivity (Wildman–Crippen MR) is 104 cm³/mol. The van der Waals surface area contributed by atoms with Gasteiger partial charge in [-0.15, -0.1) is 0 Å². The second-order valence-electron chi connectivity index (χ2n) is 6.43. The lowest BCUT2D eigenvalue weighted by atomic mass is 10.2. The first-order valence-electron chi connectivity index (χ1n) is 8.65. The zero-order valence-electron chi connectivity index (χ0n) is 15.9. The van der Waals surface area contributed by atoms with E-state index in [4.69, 9.17) is 4.74 Å². The van der Waals surface area contributed by atoms with E-state index >= 15 is 0 Å². The normalized spacial score (nSPS) is 14.7. The van der Waals surface area contributed by atoms with Crippen LogP contribution in [0.5, 0.6) is 5.75 Å². The molecule has 2 N–H and O–H groups in total. The van der Waals surface area contributed by atoms with Crippen LogP contribution in [0.15, 0.2) is 29.3 Å². The zero-order valence-corrected chi connectivity index (χ0v) is 16.7. The molecule has 0 aliphatic rings. The molecule has 0 saturated carbocycles. The van der Waals surface area contributed by atoms with Gasteiger partial charge in [-0.1, -0.05) is 17.7 Å². The molecule has 0 heterocycles. The number of sulfone groups is 1. The summed E-state index contributed by atoms with van der Waals surface area (Å²) in [4.78, 5) is 4.53. The van der Waals surface area contributed by atoms with Crippen molar-refractivity contribution in [2.75, 3.05) is 25.1 Å². The van der Waals surface area contributed by atoms with Crippen LogP contribution >= 0.6 is 0 Å². The van der Waals surface area contributed by atoms with Crippen molar-refractivity contribution < 1.29 is 13.2 Å². The molecule has 142 valence electrons. The molecule has 6 nitrogen and oxygen atoms in total. The molecule has 0 bridgehead atoms. The van der Waals surface area contributed by atoms with Gasteiger partial charge in [0.05, 0.1) is 12.3 Å². The minimum atomic E-state index is -2.95. The van der Waals surface area contributed by atoms with Gasteiger partial charge in [0, 0.05) is 18.8 Å². The first kappa shape index (κ1) is 21.3. The number of aliphatic imine (C=N–C) groups is 1. The fourth-order valence-electron chi connectivity index (χ4n) is 2.12. The Kier molecular flexibility index (Phi) is 8.75. The van der Waals surface area contributed by atoms with Crippen LogP contribution in [0.25, 0.3) is 0 Å². The molecule has 0 aliphatic heterocycles. The molecule has 0 radical (unpaired) electrons. The second-order valence-corrected chi connectivity index (χ2v) is 8.68. The molecule has 0 aromatic heterocycles. The van der Waals surface area contributed by atoms with Crippen molar-refractivity contribution in [3.63, 3.8) is 0 Å². The Morgan fingerprint density at radius 3 is 2.44 bits per heavy atom. The average molecular weight is 370 g/mol. The first-order valence-corrected chi connectivity index (χ1v) is 10.7. The summed E-state index contributed by atoms with van der Waals surface area (Å²) in [7, 11) is -2.95. The van der Waals surface area contributed by atoms with E-state index in [-0.39, 0.29) is 17.9 Å². The van der Waals surface area contributed by atoms with Gasteiger partial charge in [0.2, 0.25) is 0 Å². The first-order chi connectivity index (χ1) is 11.7. The maximum Gasteiger partial charge on any atom is 0.191 e. The van der Waals surface area contributed by atoms with Gasteiger partial charge in [0.1, 0.15) is 21.7 Å². The Hall–Kier alpha value is -1.76. The number of aryl methyl sites for hydroxylation is 1. The fraction of sp³-hybridized carbons (Fsp3) is 0.611. The lowest BCUT2D eigenvalue weighted by Crippen LogP contribution is -2.43. The monoisotopic (exact) mass is 369 g/mol. The summed E-state index contributed by atoms with van der Waals surface area (Å²) < 4.78 is 28.4. The maximum absolute atomic E-state index is 11.3. The molecule has 7 heteroatoms. The van der Waals surface area contributed by atoms with Gasteiger partial charge in [0.15, 0.2) is 5.96 Å². The lowest BCUT2D eigenvalue weighted by molar-refractivity contribution is 0.230. The van der Waals surface area contributed by atoms with Crippen molar-refractivity contribution in [3.05, 3.63) is 29.8 Å². The molecule has 0 fully saturated rings. The highest BCUT2D eigenvalue weighted by molar-refractivity contribution is 7.90. The minimum absolute atomic E-state index is 0.0147. The van der Waals surface area contributed by atoms with E-state index < -0.39 is 9.84 Å². The molecular formula is C18H31N3O3S. The summed E-state index contributed by atoms with van der Waals surface area (Å²) in [5.41, 5.74) is 1.19. The van der Waals surface area contributed by atoms with E-state index in [0.29, 0.717) is 18.9 Å². The van der Waals surface area contributed by atoms with Crippen molar-refractivity contribution in [2.45, 2.75) is 46.3 Å². The highest BCUT2D eigenvalue weighted by Gasteiger charge is 2.10. The third-order valence-electron chi connectivity index (χ3n) is 3.51. The largest absolute Gasteiger partial charge is 0.489 e. The number of guanidine groups is 1. The molecule has 0 spiro atoms. The topological polar surface area (TPSA) is 79.8 Å². The van der Waals surface area contributed by atoms with E-state index in [2.05, 4.69) is 15.6 Å². The summed E-state index contributed by atoms with van der Waals surface area (Å²) in [6.07, 6.45) is 1.73. The Morgan fingerprint density at radius 2 is 1.88 bits per heavy atom. The number of hydrogen-bond donors (Lipinski definition) is 2. The Labute approximate surface area is 152 Å². The van der Waals surface area contributed by atoms with Gasteiger partial charge in [-0.2, -0.15) is 0 Å². The number of ether oxygens (including phenoxy) is 1. The van der Waals surface area contributed by atoms with Crippen molar-refractivity contribution in [1.29, 1.82) is 0 Å². The summed E-state index contributed by atoms with van der Waals surface area (Å²) >= 11 is 0. The van der Waals surface area contributed by atoms with Crippen LogP contribution in [-0.2, 0) is 9.84 Å². The summed E-state index contributed by atoms with van der Waals surface area (Å²) in [5.74, 6) is 1.66. The lowest BCUT2D eigenvalue weighted by Gasteiger charge is -2.19. The molecule has 2 unspecified atom stereocenters. The van der Waals surface area contributed by atoms with E-state index in [9.17, 15) is 8.42 Å². The van der Waals surface area contributed by atoms with Crippen molar-refractivity contribution >= 4 is 15.8 Å². The van der Waals surface area contributed by atoms with Crippen molar-refractivity contribution in [1.82, 2.24) is 10.6 Å². The smallest absolute Gasteiger partial charge is 0.191 e. The van der Waals surface area contributed by atoms with Crippen LogP contribution in [0.4, 0.5) is 0 Å². The van der Waals surface area contributed by atoms with Gasteiger partial charge in [-0.05, 0) is 46.2 Å². The Bertz CT molecular complexity index is 642. The number of rotatable bonds is 9. The summed E-state index contributed by atoms with van der Waals surface area (Å²) in [6, 6.07) is 7.94. The van der Waals surface area contributed by atoms with Gasteiger partial charge >= 0.3 is 0 Å². The highest BCUT2D eigenvalue weighted by atomic mass is 32.2. The highest BCUT2D eigenvalue weighted by Crippen LogP contribution is 2.13. The SMILES string of the molecule is CCNC(=NCC(C)Oc1ccc(C)cc1)NC(C)CCS(C)(=O)=O. The molecule has 0 amide bonds. The molecule has 25 heavy (non-hydrogen) atoms. The molecule has 0 saturated heterocycles. The molecule has 1 aromatic rings. The average Bonchev–Trinajstić information content (AvgIpc) is 2.52. The van der Waals surface area contributed by atoms with Crippen LogP contribution in [0.3, 0.4) is 0 Å². The van der Waals surface area contributed by atoms with Crippen LogP contribution in [0.2, 0.25) is 0 Å². The number of hydrogen-bond acceptors (Lipinski definition) is 4. The van der Waals surface area contributed by atoms with E-state index in [1.165, 1.54) is 11.8 Å². The Morgan fingerprint density at radius 1 is 1.24 bits per heavy atom. The minimum Gasteiger partial charge on any atom is -0.489 e. The third kappa shape index (κ3) is 9.96. The molecule has 2 atom stereocenters. The van der Waals surface area contributed by atoms with Gasteiger partial charge in [0.25, 0.3) is 0 Å². The fourth-order valence-corrected chi connectivity index (χ4v) is 2.90. The van der Waals surface area contributed by atoms with E-state index in [1.807, 2.05) is 52.0 Å². The van der Waals surface area contributed by atoms with Gasteiger partial charge < -0.3 is 15.4 Å². The van der Waals surface area contributed by atoms with E-state index in [1.54, 1.807) is 0 Å². The standard InChI is InChI=1S/C18H31N3O3S/c1-6-19-18(21-15(3)11-12-25(5,22)23)20-13-16(4)24-17-9-7-14(2)8-10-17/h7-10,15-16H,6,11-13H2,1-5H3,(H2,19,20,21). The van der Waals surface area contributed by atoms with Crippen LogP contribution in [-0.4, -0.2) is 51.6 Å². The third-order valence-corrected chi connectivity index (χ3v) is 4.49. The van der Waals surface area contributed by atoms with E-state index in [0.717, 1.165) is 12.3 Å². The summed E-state index contributed by atoms with van der Waals surface area (Å²) in [6.45, 7) is 9.19. The number of benzene rings is 1. The molecule has 0 aliphatic carbocycles. The molecular weight excluding hydrogens is 338 g/mol. The zero-order chi connectivity index (χ0) is 18.9. The van der Waals surface area contributed by atoms with Gasteiger partial charge in [-0.25, -0.2) is 13.4 Å². The maximum atomic E-state index is 11.3. The predicted octanol–water partition coefficient (Wildman–Crippen LogP) is 2.14. The van der Waals surface area contributed by atoms with Crippen LogP contribution in [0.1, 0.15) is 32.8 Å². The number of nitrogens with one attached hydrogen (secondary N) is 2. The Balaban J connectivity index is 2.54. The second kappa shape index (κ2) is 10.3. The van der Waals surface area contributed by atoms with Crippen LogP contribution in [0, 0.1) is 6.92 Å². The van der Waals surface area contributed by atoms with Crippen molar-refractivity contribution in [2.24, 2.45) is 4.99 Å². The number of nitrogens with zero attached hydrogens (tertiary/aromatic N) is 1. The van der Waals surface area contributed by atoms with Crippen molar-refractivity contribution in [3.8, 4) is 5.75 Å². The summed E-state index contributed by atoms with van der Waals surface area (Å²) in [5, 5.41) is 6.41.